The highest BCUT2D eigenvalue weighted by Gasteiger charge is 2.39. The molecule has 1 aliphatic rings. The molecule has 4 atom stereocenters. The molecule has 5 rings (SSSR count). The fraction of sp³-hybridized carbons (Fsp3) is 0.400. The van der Waals surface area contributed by atoms with Crippen molar-refractivity contribution in [2.24, 2.45) is 11.5 Å². The topological polar surface area (TPSA) is 164 Å². The van der Waals surface area contributed by atoms with Gasteiger partial charge in [0.05, 0.1) is 45.5 Å². The minimum Gasteiger partial charge on any atom is -0.396 e. The van der Waals surface area contributed by atoms with Crippen LogP contribution in [0.2, 0.25) is 0 Å². The second kappa shape index (κ2) is 12.6. The zero-order valence-electron chi connectivity index (χ0n) is 23.1. The van der Waals surface area contributed by atoms with Crippen molar-refractivity contribution in [2.45, 2.75) is 56.8 Å². The molecule has 2 aromatic heterocycles. The number of amides is 2. The summed E-state index contributed by atoms with van der Waals surface area (Å²) in [4.78, 5) is 48.7. The number of nitrogens with zero attached hydrogens (tertiary/aromatic N) is 6. The van der Waals surface area contributed by atoms with E-state index in [2.05, 4.69) is 19.9 Å². The largest absolute Gasteiger partial charge is 0.396 e. The molecule has 2 unspecified atom stereocenters. The summed E-state index contributed by atoms with van der Waals surface area (Å²) in [6.45, 7) is 2.52. The van der Waals surface area contributed by atoms with Crippen molar-refractivity contribution in [1.29, 1.82) is 0 Å². The quantitative estimate of drug-likeness (QED) is 0.275. The summed E-state index contributed by atoms with van der Waals surface area (Å²) in [5.41, 5.74) is 17.1. The summed E-state index contributed by atoms with van der Waals surface area (Å²) >= 11 is 0. The molecule has 0 spiro atoms. The zero-order chi connectivity index (χ0) is 28.9. The molecule has 2 amide bonds. The number of carbonyl (C=O) groups is 2. The van der Waals surface area contributed by atoms with E-state index in [4.69, 9.17) is 11.5 Å². The number of hydrogen-bond donors (Lipinski definition) is 3. The Morgan fingerprint density at radius 2 is 1.32 bits per heavy atom. The van der Waals surface area contributed by atoms with Crippen LogP contribution in [0.5, 0.6) is 0 Å². The van der Waals surface area contributed by atoms with Gasteiger partial charge in [0.15, 0.2) is 0 Å². The van der Waals surface area contributed by atoms with E-state index in [0.717, 1.165) is 22.1 Å². The molecule has 5 N–H and O–H groups in total. The maximum absolute atomic E-state index is 13.6. The van der Waals surface area contributed by atoms with Gasteiger partial charge in [-0.25, -0.2) is 9.97 Å². The van der Waals surface area contributed by atoms with Crippen LogP contribution < -0.4 is 11.5 Å². The third-order valence-corrected chi connectivity index (χ3v) is 7.59. The van der Waals surface area contributed by atoms with Crippen LogP contribution in [0, 0.1) is 0 Å². The van der Waals surface area contributed by atoms with Gasteiger partial charge in [0.25, 0.3) is 0 Å². The number of para-hydroxylation sites is 4. The lowest BCUT2D eigenvalue weighted by molar-refractivity contribution is -0.148. The third kappa shape index (κ3) is 6.48. The van der Waals surface area contributed by atoms with Crippen molar-refractivity contribution in [3.63, 3.8) is 0 Å². The number of fused-ring (bicyclic) bond motifs is 2. The van der Waals surface area contributed by atoms with Crippen LogP contribution in [0.15, 0.2) is 60.9 Å². The van der Waals surface area contributed by atoms with E-state index in [1.165, 1.54) is 0 Å². The molecular weight excluding hydrogens is 520 g/mol. The zero-order valence-corrected chi connectivity index (χ0v) is 23.1. The van der Waals surface area contributed by atoms with Crippen LogP contribution in [0.1, 0.15) is 31.2 Å². The first-order valence-corrected chi connectivity index (χ1v) is 14.0. The highest BCUT2D eigenvalue weighted by atomic mass is 16.3. The van der Waals surface area contributed by atoms with Gasteiger partial charge in [0, 0.05) is 57.0 Å². The first-order valence-electron chi connectivity index (χ1n) is 14.0. The number of rotatable bonds is 9. The van der Waals surface area contributed by atoms with Crippen molar-refractivity contribution in [3.05, 3.63) is 72.3 Å². The predicted molar refractivity (Wildman–Crippen MR) is 155 cm³/mol. The lowest BCUT2D eigenvalue weighted by Gasteiger charge is -2.46. The number of carbonyl (C=O) groups excluding carboxylic acids is 2. The lowest BCUT2D eigenvalue weighted by Crippen LogP contribution is -2.64. The predicted octanol–water partition coefficient (Wildman–Crippen LogP) is 1.21. The lowest BCUT2D eigenvalue weighted by atomic mass is 9.99. The number of nitrogens with two attached hydrogens (primary N) is 2. The van der Waals surface area contributed by atoms with E-state index >= 15 is 0 Å². The van der Waals surface area contributed by atoms with Gasteiger partial charge in [-0.05, 0) is 44.0 Å². The van der Waals surface area contributed by atoms with Crippen molar-refractivity contribution in [2.75, 3.05) is 19.7 Å². The van der Waals surface area contributed by atoms with Gasteiger partial charge in [0.2, 0.25) is 11.8 Å². The second-order valence-electron chi connectivity index (χ2n) is 10.7. The molecule has 11 nitrogen and oxygen atoms in total. The van der Waals surface area contributed by atoms with Crippen LogP contribution in [0.4, 0.5) is 0 Å². The molecule has 1 fully saturated rings. The molecule has 214 valence electrons. The maximum Gasteiger partial charge on any atom is 0.240 e. The Morgan fingerprint density at radius 1 is 0.829 bits per heavy atom. The number of hydrogen-bond acceptors (Lipinski definition) is 9. The summed E-state index contributed by atoms with van der Waals surface area (Å²) in [7, 11) is 0. The van der Waals surface area contributed by atoms with Gasteiger partial charge in [0.1, 0.15) is 0 Å². The Kier molecular flexibility index (Phi) is 8.77. The smallest absolute Gasteiger partial charge is 0.240 e. The normalized spacial score (nSPS) is 18.9. The Labute approximate surface area is 238 Å². The van der Waals surface area contributed by atoms with Crippen molar-refractivity contribution in [3.8, 4) is 0 Å². The summed E-state index contributed by atoms with van der Waals surface area (Å²) in [6.07, 6.45) is 4.83. The molecule has 0 aliphatic carbocycles. The molecule has 0 radical (unpaired) electrons. The SMILES string of the molecule is C[C@@H]1CN(C(=O)C(N)Cc2cnc3ccccc3n2)[C@@H](CCCO)CN1C(=O)C(N)Cc1cnc2ccccc2n1. The standard InChI is InChI=1S/C30H36N8O3/c1-19-17-38(30(41)24(32)14-21-16-34-26-9-3-5-11-28(26)36-21)22(7-6-12-39)18-37(19)29(40)23(31)13-20-15-33-25-8-2-4-10-27(25)35-20/h2-5,8-11,15-16,19,22-24,39H,6-7,12-14,17-18,31-32H2,1H3/t19-,22+,23?,24?/m1/s1. The van der Waals surface area contributed by atoms with E-state index in [1.54, 1.807) is 22.2 Å². The van der Waals surface area contributed by atoms with Crippen LogP contribution in [-0.2, 0) is 22.4 Å². The average molecular weight is 557 g/mol. The number of aliphatic hydroxyl groups excluding tert-OH is 1. The average Bonchev–Trinajstić information content (AvgIpc) is 2.99. The third-order valence-electron chi connectivity index (χ3n) is 7.59. The van der Waals surface area contributed by atoms with E-state index in [0.29, 0.717) is 37.3 Å². The first-order chi connectivity index (χ1) is 19.8. The summed E-state index contributed by atoms with van der Waals surface area (Å²) in [5, 5.41) is 9.51. The molecule has 3 heterocycles. The van der Waals surface area contributed by atoms with E-state index in [-0.39, 0.29) is 43.3 Å². The van der Waals surface area contributed by atoms with Crippen molar-refractivity contribution >= 4 is 33.9 Å². The minimum absolute atomic E-state index is 0.0130. The molecule has 4 aromatic rings. The molecular formula is C30H36N8O3. The minimum atomic E-state index is -0.815. The number of aliphatic hydroxyl groups is 1. The van der Waals surface area contributed by atoms with Gasteiger partial charge in [-0.15, -0.1) is 0 Å². The van der Waals surface area contributed by atoms with Gasteiger partial charge in [-0.2, -0.15) is 0 Å². The molecule has 0 bridgehead atoms. The molecule has 1 saturated heterocycles. The Bertz CT molecular complexity index is 1530. The summed E-state index contributed by atoms with van der Waals surface area (Å²) in [6, 6.07) is 12.9. The molecule has 1 aliphatic heterocycles. The van der Waals surface area contributed by atoms with E-state index in [1.807, 2.05) is 55.5 Å². The monoisotopic (exact) mass is 556 g/mol. The molecule has 11 heteroatoms. The second-order valence-corrected chi connectivity index (χ2v) is 10.7. The molecule has 41 heavy (non-hydrogen) atoms. The van der Waals surface area contributed by atoms with E-state index in [9.17, 15) is 14.7 Å². The van der Waals surface area contributed by atoms with E-state index < -0.39 is 12.1 Å². The maximum atomic E-state index is 13.6. The molecule has 0 saturated carbocycles. The van der Waals surface area contributed by atoms with Crippen LogP contribution >= 0.6 is 0 Å². The van der Waals surface area contributed by atoms with Gasteiger partial charge >= 0.3 is 0 Å². The number of aromatic nitrogens is 4. The molecule has 2 aromatic carbocycles. The van der Waals surface area contributed by atoms with Crippen molar-refractivity contribution < 1.29 is 14.7 Å². The fourth-order valence-corrected chi connectivity index (χ4v) is 5.43. The van der Waals surface area contributed by atoms with Crippen LogP contribution in [-0.4, -0.2) is 90.5 Å². The summed E-state index contributed by atoms with van der Waals surface area (Å²) in [5.74, 6) is -0.415. The summed E-state index contributed by atoms with van der Waals surface area (Å²) < 4.78 is 0. The van der Waals surface area contributed by atoms with Gasteiger partial charge in [-0.3, -0.25) is 19.6 Å². The number of benzene rings is 2. The van der Waals surface area contributed by atoms with Crippen LogP contribution in [0.25, 0.3) is 22.1 Å². The Hall–Kier alpha value is -4.06. The highest BCUT2D eigenvalue weighted by molar-refractivity contribution is 5.85. The van der Waals surface area contributed by atoms with Crippen molar-refractivity contribution in [1.82, 2.24) is 29.7 Å². The highest BCUT2D eigenvalue weighted by Crippen LogP contribution is 2.22. The first kappa shape index (κ1) is 28.5. The fourth-order valence-electron chi connectivity index (χ4n) is 5.43. The Balaban J connectivity index is 1.26. The van der Waals surface area contributed by atoms with Crippen LogP contribution in [0.3, 0.4) is 0 Å². The Morgan fingerprint density at radius 3 is 1.83 bits per heavy atom. The van der Waals surface area contributed by atoms with Gasteiger partial charge < -0.3 is 26.4 Å². The van der Waals surface area contributed by atoms with Gasteiger partial charge in [-0.1, -0.05) is 24.3 Å². The number of piperazine rings is 1.